The molecule has 1 saturated carbocycles. The highest BCUT2D eigenvalue weighted by molar-refractivity contribution is 5.72. The average molecular weight is 227 g/mol. The first-order valence-corrected chi connectivity index (χ1v) is 6.34. The molecule has 0 amide bonds. The van der Waals surface area contributed by atoms with Crippen LogP contribution in [0.15, 0.2) is 0 Å². The van der Waals surface area contributed by atoms with Crippen molar-refractivity contribution in [2.75, 3.05) is 7.11 Å². The Bertz CT molecular complexity index is 234. The standard InChI is InChI=1S/C13H25NO2/c1-10(12(15)16-4)11(2)14-13(3)8-6-5-7-9-13/h10-11,14H,5-9H2,1-4H3. The summed E-state index contributed by atoms with van der Waals surface area (Å²) in [6.07, 6.45) is 6.36. The summed E-state index contributed by atoms with van der Waals surface area (Å²) in [6.45, 7) is 6.27. The molecule has 0 bridgehead atoms. The van der Waals surface area contributed by atoms with Crippen molar-refractivity contribution in [3.63, 3.8) is 0 Å². The molecule has 94 valence electrons. The average Bonchev–Trinajstić information content (AvgIpc) is 2.27. The summed E-state index contributed by atoms with van der Waals surface area (Å²) in [5, 5.41) is 3.61. The van der Waals surface area contributed by atoms with Crippen LogP contribution in [-0.2, 0) is 9.53 Å². The van der Waals surface area contributed by atoms with Gasteiger partial charge in [-0.2, -0.15) is 0 Å². The normalized spacial score (nSPS) is 23.5. The smallest absolute Gasteiger partial charge is 0.309 e. The van der Waals surface area contributed by atoms with Gasteiger partial charge in [-0.1, -0.05) is 26.2 Å². The molecule has 1 aliphatic rings. The molecule has 0 aromatic heterocycles. The van der Waals surface area contributed by atoms with E-state index in [2.05, 4.69) is 19.2 Å². The number of carbonyl (C=O) groups is 1. The quantitative estimate of drug-likeness (QED) is 0.750. The van der Waals surface area contributed by atoms with Crippen molar-refractivity contribution in [2.45, 2.75) is 64.5 Å². The highest BCUT2D eigenvalue weighted by atomic mass is 16.5. The lowest BCUT2D eigenvalue weighted by Crippen LogP contribution is -2.51. The molecule has 0 saturated heterocycles. The number of rotatable bonds is 4. The first-order chi connectivity index (χ1) is 7.48. The van der Waals surface area contributed by atoms with Gasteiger partial charge in [0.05, 0.1) is 13.0 Å². The Morgan fingerprint density at radius 1 is 1.25 bits per heavy atom. The van der Waals surface area contributed by atoms with E-state index in [1.807, 2.05) is 6.92 Å². The zero-order valence-corrected chi connectivity index (χ0v) is 11.0. The molecule has 0 heterocycles. The molecule has 1 N–H and O–H groups in total. The van der Waals surface area contributed by atoms with Gasteiger partial charge in [0, 0.05) is 11.6 Å². The molecule has 1 aliphatic carbocycles. The zero-order valence-electron chi connectivity index (χ0n) is 11.0. The van der Waals surface area contributed by atoms with Crippen LogP contribution in [-0.4, -0.2) is 24.7 Å². The third-order valence-electron chi connectivity index (χ3n) is 3.86. The highest BCUT2D eigenvalue weighted by Crippen LogP contribution is 2.28. The minimum atomic E-state index is -0.126. The maximum Gasteiger partial charge on any atom is 0.309 e. The first-order valence-electron chi connectivity index (χ1n) is 6.34. The Hall–Kier alpha value is -0.570. The van der Waals surface area contributed by atoms with Crippen LogP contribution in [0.1, 0.15) is 52.9 Å². The van der Waals surface area contributed by atoms with Gasteiger partial charge < -0.3 is 10.1 Å². The second kappa shape index (κ2) is 5.67. The lowest BCUT2D eigenvalue weighted by molar-refractivity contribution is -0.145. The van der Waals surface area contributed by atoms with Gasteiger partial charge in [0.1, 0.15) is 0 Å². The molecular formula is C13H25NO2. The van der Waals surface area contributed by atoms with E-state index in [1.54, 1.807) is 0 Å². The molecule has 0 aromatic carbocycles. The Labute approximate surface area is 98.9 Å². The van der Waals surface area contributed by atoms with Crippen LogP contribution in [0, 0.1) is 5.92 Å². The summed E-state index contributed by atoms with van der Waals surface area (Å²) in [5.74, 6) is -0.205. The van der Waals surface area contributed by atoms with E-state index in [9.17, 15) is 4.79 Å². The summed E-state index contributed by atoms with van der Waals surface area (Å²) in [6, 6.07) is 0.176. The van der Waals surface area contributed by atoms with E-state index in [-0.39, 0.29) is 23.5 Å². The predicted octanol–water partition coefficient (Wildman–Crippen LogP) is 2.50. The van der Waals surface area contributed by atoms with Crippen molar-refractivity contribution in [2.24, 2.45) is 5.92 Å². The molecule has 16 heavy (non-hydrogen) atoms. The van der Waals surface area contributed by atoms with E-state index in [0.717, 1.165) is 0 Å². The van der Waals surface area contributed by atoms with Gasteiger partial charge in [0.2, 0.25) is 0 Å². The topological polar surface area (TPSA) is 38.3 Å². The van der Waals surface area contributed by atoms with Gasteiger partial charge in [-0.3, -0.25) is 4.79 Å². The number of ether oxygens (including phenoxy) is 1. The van der Waals surface area contributed by atoms with E-state index < -0.39 is 0 Å². The molecule has 0 aromatic rings. The minimum Gasteiger partial charge on any atom is -0.469 e. The lowest BCUT2D eigenvalue weighted by Gasteiger charge is -2.38. The Morgan fingerprint density at radius 3 is 2.31 bits per heavy atom. The van der Waals surface area contributed by atoms with Gasteiger partial charge in [-0.15, -0.1) is 0 Å². The number of esters is 1. The molecular weight excluding hydrogens is 202 g/mol. The fraction of sp³-hybridized carbons (Fsp3) is 0.923. The number of hydrogen-bond acceptors (Lipinski definition) is 3. The van der Waals surface area contributed by atoms with Gasteiger partial charge >= 0.3 is 5.97 Å². The molecule has 3 nitrogen and oxygen atoms in total. The molecule has 1 rings (SSSR count). The number of nitrogens with one attached hydrogen (secondary N) is 1. The summed E-state index contributed by atoms with van der Waals surface area (Å²) in [4.78, 5) is 11.4. The molecule has 3 heteroatoms. The van der Waals surface area contributed by atoms with Gasteiger partial charge in [-0.05, 0) is 26.7 Å². The largest absolute Gasteiger partial charge is 0.469 e. The molecule has 2 unspecified atom stereocenters. The van der Waals surface area contributed by atoms with Crippen molar-refractivity contribution in [3.8, 4) is 0 Å². The van der Waals surface area contributed by atoms with Crippen LogP contribution < -0.4 is 5.32 Å². The summed E-state index contributed by atoms with van der Waals surface area (Å²) in [5.41, 5.74) is 0.208. The third kappa shape index (κ3) is 3.48. The van der Waals surface area contributed by atoms with Gasteiger partial charge in [0.25, 0.3) is 0 Å². The molecule has 2 atom stereocenters. The SMILES string of the molecule is COC(=O)C(C)C(C)NC1(C)CCCCC1. The van der Waals surface area contributed by atoms with Gasteiger partial charge in [0.15, 0.2) is 0 Å². The van der Waals surface area contributed by atoms with Crippen LogP contribution in [0.2, 0.25) is 0 Å². The molecule has 0 radical (unpaired) electrons. The maximum absolute atomic E-state index is 11.4. The zero-order chi connectivity index (χ0) is 12.2. The van der Waals surface area contributed by atoms with Crippen LogP contribution in [0.4, 0.5) is 0 Å². The monoisotopic (exact) mass is 227 g/mol. The lowest BCUT2D eigenvalue weighted by atomic mass is 9.82. The van der Waals surface area contributed by atoms with Gasteiger partial charge in [-0.25, -0.2) is 0 Å². The van der Waals surface area contributed by atoms with Crippen molar-refractivity contribution >= 4 is 5.97 Å². The van der Waals surface area contributed by atoms with Crippen LogP contribution in [0.25, 0.3) is 0 Å². The molecule has 0 spiro atoms. The van der Waals surface area contributed by atoms with E-state index in [0.29, 0.717) is 0 Å². The minimum absolute atomic E-state index is 0.0799. The number of methoxy groups -OCH3 is 1. The summed E-state index contributed by atoms with van der Waals surface area (Å²) >= 11 is 0. The van der Waals surface area contributed by atoms with E-state index in [1.165, 1.54) is 39.2 Å². The summed E-state index contributed by atoms with van der Waals surface area (Å²) < 4.78 is 4.78. The van der Waals surface area contributed by atoms with Crippen molar-refractivity contribution < 1.29 is 9.53 Å². The second-order valence-corrected chi connectivity index (χ2v) is 5.37. The van der Waals surface area contributed by atoms with Crippen molar-refractivity contribution in [1.82, 2.24) is 5.32 Å². The van der Waals surface area contributed by atoms with Crippen LogP contribution in [0.5, 0.6) is 0 Å². The Kier molecular flexibility index (Phi) is 4.78. The molecule has 0 aliphatic heterocycles. The first kappa shape index (κ1) is 13.5. The van der Waals surface area contributed by atoms with Crippen LogP contribution in [0.3, 0.4) is 0 Å². The second-order valence-electron chi connectivity index (χ2n) is 5.37. The maximum atomic E-state index is 11.4. The highest BCUT2D eigenvalue weighted by Gasteiger charge is 2.31. The Morgan fingerprint density at radius 2 is 1.81 bits per heavy atom. The van der Waals surface area contributed by atoms with E-state index >= 15 is 0 Å². The van der Waals surface area contributed by atoms with Crippen LogP contribution >= 0.6 is 0 Å². The Balaban J connectivity index is 2.48. The molecule has 1 fully saturated rings. The third-order valence-corrected chi connectivity index (χ3v) is 3.86. The number of hydrogen-bond donors (Lipinski definition) is 1. The predicted molar refractivity (Wildman–Crippen MR) is 65.3 cm³/mol. The fourth-order valence-electron chi connectivity index (χ4n) is 2.54. The van der Waals surface area contributed by atoms with Crippen molar-refractivity contribution in [1.29, 1.82) is 0 Å². The van der Waals surface area contributed by atoms with Crippen molar-refractivity contribution in [3.05, 3.63) is 0 Å². The number of carbonyl (C=O) groups excluding carboxylic acids is 1. The fourth-order valence-corrected chi connectivity index (χ4v) is 2.54. The summed E-state index contributed by atoms with van der Waals surface area (Å²) in [7, 11) is 1.45. The van der Waals surface area contributed by atoms with E-state index in [4.69, 9.17) is 4.74 Å².